The average Bonchev–Trinajstić information content (AvgIpc) is 2.43. The van der Waals surface area contributed by atoms with Crippen molar-refractivity contribution in [2.45, 2.75) is 40.0 Å². The summed E-state index contributed by atoms with van der Waals surface area (Å²) < 4.78 is 0. The summed E-state index contributed by atoms with van der Waals surface area (Å²) in [4.78, 5) is 11.8. The SMILES string of the molecule is Cc1ccc(C(C)CNC(=O)NCC(C)(C)CCO)cc1. The molecule has 2 amide bonds. The molecule has 4 heteroatoms. The highest BCUT2D eigenvalue weighted by molar-refractivity contribution is 5.73. The van der Waals surface area contributed by atoms with Crippen molar-refractivity contribution in [2.24, 2.45) is 5.41 Å². The summed E-state index contributed by atoms with van der Waals surface area (Å²) in [6.07, 6.45) is 0.674. The number of nitrogens with one attached hydrogen (secondary N) is 2. The molecule has 1 aromatic rings. The van der Waals surface area contributed by atoms with Crippen LogP contribution in [0.2, 0.25) is 0 Å². The van der Waals surface area contributed by atoms with Gasteiger partial charge in [0.25, 0.3) is 0 Å². The van der Waals surface area contributed by atoms with Crippen LogP contribution in [0, 0.1) is 12.3 Å². The van der Waals surface area contributed by atoms with E-state index in [2.05, 4.69) is 48.7 Å². The van der Waals surface area contributed by atoms with Gasteiger partial charge in [0.2, 0.25) is 0 Å². The number of carbonyl (C=O) groups excluding carboxylic acids is 1. The van der Waals surface area contributed by atoms with E-state index >= 15 is 0 Å². The monoisotopic (exact) mass is 292 g/mol. The molecule has 0 bridgehead atoms. The molecule has 1 aromatic carbocycles. The average molecular weight is 292 g/mol. The van der Waals surface area contributed by atoms with Crippen molar-refractivity contribution in [1.82, 2.24) is 10.6 Å². The van der Waals surface area contributed by atoms with Gasteiger partial charge in [-0.3, -0.25) is 0 Å². The largest absolute Gasteiger partial charge is 0.396 e. The van der Waals surface area contributed by atoms with E-state index in [1.807, 2.05) is 13.8 Å². The molecule has 118 valence electrons. The fraction of sp³-hybridized carbons (Fsp3) is 0.588. The number of aliphatic hydroxyl groups excluding tert-OH is 1. The third-order valence-corrected chi connectivity index (χ3v) is 3.73. The van der Waals surface area contributed by atoms with Crippen LogP contribution in [0.3, 0.4) is 0 Å². The van der Waals surface area contributed by atoms with Crippen LogP contribution in [0.5, 0.6) is 0 Å². The first-order chi connectivity index (χ1) is 9.84. The van der Waals surface area contributed by atoms with Crippen LogP contribution in [0.25, 0.3) is 0 Å². The fourth-order valence-electron chi connectivity index (χ4n) is 2.03. The number of hydrogen-bond donors (Lipinski definition) is 3. The lowest BCUT2D eigenvalue weighted by Crippen LogP contribution is -2.42. The first kappa shape index (κ1) is 17.5. The second-order valence-corrected chi connectivity index (χ2v) is 6.51. The highest BCUT2D eigenvalue weighted by atomic mass is 16.3. The zero-order chi connectivity index (χ0) is 15.9. The van der Waals surface area contributed by atoms with Gasteiger partial charge in [-0.1, -0.05) is 50.6 Å². The molecule has 0 aliphatic carbocycles. The molecule has 0 spiro atoms. The molecule has 3 N–H and O–H groups in total. The van der Waals surface area contributed by atoms with Gasteiger partial charge in [-0.2, -0.15) is 0 Å². The van der Waals surface area contributed by atoms with E-state index in [0.29, 0.717) is 19.5 Å². The Hall–Kier alpha value is -1.55. The van der Waals surface area contributed by atoms with E-state index in [0.717, 1.165) is 0 Å². The van der Waals surface area contributed by atoms with Crippen molar-refractivity contribution in [3.8, 4) is 0 Å². The van der Waals surface area contributed by atoms with Crippen LogP contribution >= 0.6 is 0 Å². The van der Waals surface area contributed by atoms with Crippen molar-refractivity contribution < 1.29 is 9.90 Å². The fourth-order valence-corrected chi connectivity index (χ4v) is 2.03. The number of carbonyl (C=O) groups is 1. The Balaban J connectivity index is 2.34. The maximum Gasteiger partial charge on any atom is 0.314 e. The first-order valence-corrected chi connectivity index (χ1v) is 7.53. The van der Waals surface area contributed by atoms with Crippen molar-refractivity contribution in [2.75, 3.05) is 19.7 Å². The van der Waals surface area contributed by atoms with Crippen molar-refractivity contribution in [1.29, 1.82) is 0 Å². The van der Waals surface area contributed by atoms with E-state index in [4.69, 9.17) is 5.11 Å². The molecule has 4 nitrogen and oxygen atoms in total. The zero-order valence-electron chi connectivity index (χ0n) is 13.6. The summed E-state index contributed by atoms with van der Waals surface area (Å²) >= 11 is 0. The zero-order valence-corrected chi connectivity index (χ0v) is 13.6. The second-order valence-electron chi connectivity index (χ2n) is 6.51. The molecule has 0 radical (unpaired) electrons. The predicted octanol–water partition coefficient (Wildman–Crippen LogP) is 2.81. The Bertz CT molecular complexity index is 441. The van der Waals surface area contributed by atoms with Gasteiger partial charge in [-0.05, 0) is 30.2 Å². The van der Waals surface area contributed by atoms with Gasteiger partial charge in [0.05, 0.1) is 0 Å². The van der Waals surface area contributed by atoms with Crippen molar-refractivity contribution >= 4 is 6.03 Å². The van der Waals surface area contributed by atoms with Crippen LogP contribution < -0.4 is 10.6 Å². The molecule has 0 aromatic heterocycles. The van der Waals surface area contributed by atoms with Gasteiger partial charge < -0.3 is 15.7 Å². The van der Waals surface area contributed by atoms with E-state index in [9.17, 15) is 4.79 Å². The van der Waals surface area contributed by atoms with Gasteiger partial charge >= 0.3 is 6.03 Å². The number of hydrogen-bond acceptors (Lipinski definition) is 2. The van der Waals surface area contributed by atoms with Gasteiger partial charge in [-0.25, -0.2) is 4.79 Å². The summed E-state index contributed by atoms with van der Waals surface area (Å²) in [5.74, 6) is 0.279. The summed E-state index contributed by atoms with van der Waals surface area (Å²) in [5.41, 5.74) is 2.37. The van der Waals surface area contributed by atoms with Gasteiger partial charge in [-0.15, -0.1) is 0 Å². The molecule has 0 fully saturated rings. The number of rotatable bonds is 7. The molecule has 0 heterocycles. The minimum absolute atomic E-state index is 0.0886. The molecule has 1 unspecified atom stereocenters. The lowest BCUT2D eigenvalue weighted by atomic mass is 9.90. The van der Waals surface area contributed by atoms with E-state index in [1.165, 1.54) is 11.1 Å². The number of benzene rings is 1. The summed E-state index contributed by atoms with van der Waals surface area (Å²) in [5, 5.41) is 14.7. The van der Waals surface area contributed by atoms with Crippen LogP contribution in [0.4, 0.5) is 4.79 Å². The molecule has 0 saturated carbocycles. The standard InChI is InChI=1S/C17H28N2O2/c1-13-5-7-15(8-6-13)14(2)11-18-16(21)19-12-17(3,4)9-10-20/h5-8,14,20H,9-12H2,1-4H3,(H2,18,19,21). The Morgan fingerprint density at radius 1 is 1.24 bits per heavy atom. The Kier molecular flexibility index (Phi) is 6.69. The van der Waals surface area contributed by atoms with Crippen LogP contribution in [0.1, 0.15) is 44.2 Å². The molecular formula is C17H28N2O2. The van der Waals surface area contributed by atoms with E-state index in [-0.39, 0.29) is 24.0 Å². The maximum atomic E-state index is 11.8. The Morgan fingerprint density at radius 3 is 2.43 bits per heavy atom. The lowest BCUT2D eigenvalue weighted by molar-refractivity contribution is 0.201. The lowest BCUT2D eigenvalue weighted by Gasteiger charge is -2.24. The number of aliphatic hydroxyl groups is 1. The summed E-state index contributed by atoms with van der Waals surface area (Å²) in [6, 6.07) is 8.22. The molecule has 1 rings (SSSR count). The topological polar surface area (TPSA) is 61.4 Å². The normalized spacial score (nSPS) is 12.8. The predicted molar refractivity (Wildman–Crippen MR) is 86.5 cm³/mol. The van der Waals surface area contributed by atoms with Gasteiger partial charge in [0, 0.05) is 19.7 Å². The van der Waals surface area contributed by atoms with Gasteiger partial charge in [0.15, 0.2) is 0 Å². The quantitative estimate of drug-likeness (QED) is 0.723. The van der Waals surface area contributed by atoms with Crippen LogP contribution in [-0.4, -0.2) is 30.8 Å². The highest BCUT2D eigenvalue weighted by Gasteiger charge is 2.18. The van der Waals surface area contributed by atoms with Crippen LogP contribution in [0.15, 0.2) is 24.3 Å². The Labute approximate surface area is 128 Å². The van der Waals surface area contributed by atoms with Crippen LogP contribution in [-0.2, 0) is 0 Å². The molecule has 1 atom stereocenters. The first-order valence-electron chi connectivity index (χ1n) is 7.53. The summed E-state index contributed by atoms with van der Waals surface area (Å²) in [7, 11) is 0. The molecule has 0 saturated heterocycles. The number of urea groups is 1. The summed E-state index contributed by atoms with van der Waals surface area (Å²) in [6.45, 7) is 9.51. The Morgan fingerprint density at radius 2 is 1.86 bits per heavy atom. The molecular weight excluding hydrogens is 264 g/mol. The molecule has 21 heavy (non-hydrogen) atoms. The molecule has 0 aliphatic heterocycles. The second kappa shape index (κ2) is 8.03. The van der Waals surface area contributed by atoms with E-state index < -0.39 is 0 Å². The minimum atomic E-state index is -0.153. The van der Waals surface area contributed by atoms with E-state index in [1.54, 1.807) is 0 Å². The highest BCUT2D eigenvalue weighted by Crippen LogP contribution is 2.18. The maximum absolute atomic E-state index is 11.8. The number of aryl methyl sites for hydroxylation is 1. The third kappa shape index (κ3) is 6.63. The smallest absolute Gasteiger partial charge is 0.314 e. The van der Waals surface area contributed by atoms with Gasteiger partial charge in [0.1, 0.15) is 0 Å². The van der Waals surface area contributed by atoms with Crippen molar-refractivity contribution in [3.63, 3.8) is 0 Å². The minimum Gasteiger partial charge on any atom is -0.396 e. The van der Waals surface area contributed by atoms with Crippen molar-refractivity contribution in [3.05, 3.63) is 35.4 Å². The third-order valence-electron chi connectivity index (χ3n) is 3.73. The molecule has 0 aliphatic rings. The number of amides is 2.